The first-order valence-electron chi connectivity index (χ1n) is 9.70. The zero-order valence-corrected chi connectivity index (χ0v) is 16.4. The second-order valence-electron chi connectivity index (χ2n) is 6.50. The lowest BCUT2D eigenvalue weighted by Crippen LogP contribution is -2.17. The van der Waals surface area contributed by atoms with Crippen LogP contribution in [-0.2, 0) is 0 Å². The van der Waals surface area contributed by atoms with Crippen molar-refractivity contribution in [1.29, 1.82) is 0 Å². The van der Waals surface area contributed by atoms with Crippen LogP contribution in [0.5, 0.6) is 0 Å². The van der Waals surface area contributed by atoms with Crippen LogP contribution in [0, 0.1) is 0 Å². The van der Waals surface area contributed by atoms with Gasteiger partial charge in [-0.2, -0.15) is 0 Å². The van der Waals surface area contributed by atoms with Crippen LogP contribution in [0.15, 0.2) is 0 Å². The quantitative estimate of drug-likeness (QED) is 0.128. The molecular formula is C19H38ClNS. The number of nitrogens with one attached hydrogen (secondary N) is 1. The zero-order valence-electron chi connectivity index (χ0n) is 14.8. The van der Waals surface area contributed by atoms with Crippen molar-refractivity contribution in [2.75, 3.05) is 6.54 Å². The molecule has 0 aromatic heterocycles. The smallest absolute Gasteiger partial charge is 0.167 e. The molecular weight excluding hydrogens is 310 g/mol. The van der Waals surface area contributed by atoms with E-state index in [4.69, 9.17) is 23.8 Å². The molecule has 0 aliphatic carbocycles. The summed E-state index contributed by atoms with van der Waals surface area (Å²) in [6, 6.07) is 0. The van der Waals surface area contributed by atoms with Crippen molar-refractivity contribution in [3.05, 3.63) is 0 Å². The van der Waals surface area contributed by atoms with E-state index >= 15 is 0 Å². The second-order valence-corrected chi connectivity index (χ2v) is 7.51. The molecule has 0 fully saturated rings. The average Bonchev–Trinajstić information content (AvgIpc) is 2.50. The Morgan fingerprint density at radius 3 is 1.27 bits per heavy atom. The molecule has 0 aliphatic rings. The van der Waals surface area contributed by atoms with Gasteiger partial charge in [-0.3, -0.25) is 0 Å². The summed E-state index contributed by atoms with van der Waals surface area (Å²) in [6.07, 6.45) is 22.5. The summed E-state index contributed by atoms with van der Waals surface area (Å²) in [5.41, 5.74) is 0. The Morgan fingerprint density at radius 1 is 0.636 bits per heavy atom. The molecule has 0 unspecified atom stereocenters. The van der Waals surface area contributed by atoms with Gasteiger partial charge in [-0.25, -0.2) is 0 Å². The van der Waals surface area contributed by atoms with Crippen molar-refractivity contribution < 1.29 is 0 Å². The number of unbranched alkanes of at least 4 members (excludes halogenated alkanes) is 15. The summed E-state index contributed by atoms with van der Waals surface area (Å²) in [4.78, 5) is 0. The fourth-order valence-electron chi connectivity index (χ4n) is 2.86. The minimum absolute atomic E-state index is 0.404. The van der Waals surface area contributed by atoms with Crippen LogP contribution >= 0.6 is 23.8 Å². The van der Waals surface area contributed by atoms with E-state index in [1.807, 2.05) is 0 Å². The summed E-state index contributed by atoms with van der Waals surface area (Å²) in [5.74, 6) is 0. The highest BCUT2D eigenvalue weighted by Gasteiger charge is 1.95. The van der Waals surface area contributed by atoms with Crippen LogP contribution in [0.25, 0.3) is 0 Å². The minimum atomic E-state index is 0.404. The molecule has 3 heteroatoms. The van der Waals surface area contributed by atoms with Gasteiger partial charge in [0.25, 0.3) is 0 Å². The van der Waals surface area contributed by atoms with Gasteiger partial charge in [0.15, 0.2) is 4.45 Å². The largest absolute Gasteiger partial charge is 0.367 e. The van der Waals surface area contributed by atoms with Crippen LogP contribution in [0.3, 0.4) is 0 Å². The Morgan fingerprint density at radius 2 is 0.955 bits per heavy atom. The molecule has 0 saturated heterocycles. The highest BCUT2D eigenvalue weighted by atomic mass is 35.5. The molecule has 132 valence electrons. The van der Waals surface area contributed by atoms with E-state index < -0.39 is 0 Å². The average molecular weight is 348 g/mol. The van der Waals surface area contributed by atoms with Crippen molar-refractivity contribution in [1.82, 2.24) is 5.32 Å². The van der Waals surface area contributed by atoms with E-state index in [-0.39, 0.29) is 0 Å². The molecule has 0 saturated carbocycles. The summed E-state index contributed by atoms with van der Waals surface area (Å²) < 4.78 is 0.404. The standard InChI is InChI=1S/C19H38ClNS/c1-2-3-4-5-6-7-8-9-10-11-12-13-14-15-16-17-18-21-19(20)22/h2-18H2,1H3,(H,21,22). The second kappa shape index (κ2) is 19.2. The first kappa shape index (κ1) is 22.2. The van der Waals surface area contributed by atoms with Gasteiger partial charge >= 0.3 is 0 Å². The Bertz CT molecular complexity index is 233. The zero-order chi connectivity index (χ0) is 16.3. The Hall–Kier alpha value is 0.180. The predicted molar refractivity (Wildman–Crippen MR) is 106 cm³/mol. The third kappa shape index (κ3) is 20.2. The molecule has 0 aromatic rings. The molecule has 0 heterocycles. The summed E-state index contributed by atoms with van der Waals surface area (Å²) >= 11 is 10.3. The fraction of sp³-hybridized carbons (Fsp3) is 0.947. The number of rotatable bonds is 17. The van der Waals surface area contributed by atoms with Gasteiger partial charge in [0.2, 0.25) is 0 Å². The molecule has 1 N–H and O–H groups in total. The minimum Gasteiger partial charge on any atom is -0.367 e. The lowest BCUT2D eigenvalue weighted by Gasteiger charge is -2.04. The Kier molecular flexibility index (Phi) is 19.4. The lowest BCUT2D eigenvalue weighted by atomic mass is 10.0. The van der Waals surface area contributed by atoms with Gasteiger partial charge in [0.1, 0.15) is 0 Å². The van der Waals surface area contributed by atoms with Crippen molar-refractivity contribution >= 4 is 28.3 Å². The molecule has 0 amide bonds. The molecule has 0 spiro atoms. The molecule has 0 aromatic carbocycles. The van der Waals surface area contributed by atoms with Gasteiger partial charge < -0.3 is 5.32 Å². The van der Waals surface area contributed by atoms with Crippen molar-refractivity contribution in [2.24, 2.45) is 0 Å². The highest BCUT2D eigenvalue weighted by molar-refractivity contribution is 7.83. The van der Waals surface area contributed by atoms with Crippen molar-refractivity contribution in [3.63, 3.8) is 0 Å². The van der Waals surface area contributed by atoms with E-state index in [1.54, 1.807) is 0 Å². The number of halogens is 1. The fourth-order valence-corrected chi connectivity index (χ4v) is 3.06. The third-order valence-electron chi connectivity index (χ3n) is 4.29. The summed E-state index contributed by atoms with van der Waals surface area (Å²) in [7, 11) is 0. The first-order valence-corrected chi connectivity index (χ1v) is 10.5. The monoisotopic (exact) mass is 347 g/mol. The molecule has 1 nitrogen and oxygen atoms in total. The van der Waals surface area contributed by atoms with Gasteiger partial charge in [-0.1, -0.05) is 115 Å². The van der Waals surface area contributed by atoms with Crippen LogP contribution in [0.1, 0.15) is 110 Å². The number of hydrogen-bond acceptors (Lipinski definition) is 1. The van der Waals surface area contributed by atoms with Gasteiger partial charge in [0, 0.05) is 6.54 Å². The summed E-state index contributed by atoms with van der Waals surface area (Å²) in [5, 5.41) is 2.99. The van der Waals surface area contributed by atoms with Crippen molar-refractivity contribution in [3.8, 4) is 0 Å². The normalized spacial score (nSPS) is 10.8. The van der Waals surface area contributed by atoms with E-state index in [9.17, 15) is 0 Å². The SMILES string of the molecule is CCCCCCCCCCCCCCCCCCNC(=S)Cl. The number of thiocarbonyl (C=S) groups is 1. The molecule has 0 atom stereocenters. The molecule has 0 radical (unpaired) electrons. The maximum atomic E-state index is 5.57. The van der Waals surface area contributed by atoms with Gasteiger partial charge in [-0.15, -0.1) is 0 Å². The molecule has 22 heavy (non-hydrogen) atoms. The van der Waals surface area contributed by atoms with E-state index in [1.165, 1.54) is 103 Å². The number of hydrogen-bond donors (Lipinski definition) is 1. The van der Waals surface area contributed by atoms with E-state index in [2.05, 4.69) is 12.2 Å². The van der Waals surface area contributed by atoms with Crippen LogP contribution in [-0.4, -0.2) is 11.0 Å². The van der Waals surface area contributed by atoms with Gasteiger partial charge in [-0.05, 0) is 18.6 Å². The molecule has 0 bridgehead atoms. The van der Waals surface area contributed by atoms with Crippen LogP contribution in [0.2, 0.25) is 0 Å². The van der Waals surface area contributed by atoms with Crippen LogP contribution < -0.4 is 5.32 Å². The molecule has 0 aliphatic heterocycles. The Balaban J connectivity index is 2.95. The first-order chi connectivity index (χ1) is 10.8. The van der Waals surface area contributed by atoms with Crippen LogP contribution in [0.4, 0.5) is 0 Å². The molecule has 0 rings (SSSR count). The lowest BCUT2D eigenvalue weighted by molar-refractivity contribution is 0.529. The predicted octanol–water partition coefficient (Wildman–Crippen LogP) is 7.36. The summed E-state index contributed by atoms with van der Waals surface area (Å²) in [6.45, 7) is 3.22. The van der Waals surface area contributed by atoms with Gasteiger partial charge in [0.05, 0.1) is 0 Å². The maximum Gasteiger partial charge on any atom is 0.167 e. The topological polar surface area (TPSA) is 12.0 Å². The third-order valence-corrected chi connectivity index (χ3v) is 4.57. The Labute approximate surface area is 150 Å². The van der Waals surface area contributed by atoms with E-state index in [0.717, 1.165) is 6.54 Å². The maximum absolute atomic E-state index is 5.57. The highest BCUT2D eigenvalue weighted by Crippen LogP contribution is 2.13. The van der Waals surface area contributed by atoms with Crippen molar-refractivity contribution in [2.45, 2.75) is 110 Å². The van der Waals surface area contributed by atoms with E-state index in [0.29, 0.717) is 4.45 Å².